The van der Waals surface area contributed by atoms with Crippen molar-refractivity contribution < 1.29 is 9.53 Å². The maximum atomic E-state index is 12.2. The Morgan fingerprint density at radius 3 is 2.77 bits per heavy atom. The average molecular weight is 351 g/mol. The number of amides is 1. The highest BCUT2D eigenvalue weighted by molar-refractivity contribution is 5.79. The summed E-state index contributed by atoms with van der Waals surface area (Å²) >= 11 is 0. The van der Waals surface area contributed by atoms with E-state index in [-0.39, 0.29) is 5.91 Å². The van der Waals surface area contributed by atoms with Gasteiger partial charge in [0.05, 0.1) is 13.7 Å². The van der Waals surface area contributed by atoms with Crippen molar-refractivity contribution in [3.63, 3.8) is 0 Å². The number of nitrogens with zero attached hydrogens (tertiary/aromatic N) is 2. The van der Waals surface area contributed by atoms with Crippen molar-refractivity contribution in [3.05, 3.63) is 48.3 Å². The normalized spacial score (nSPS) is 23.2. The molecule has 5 nitrogen and oxygen atoms in total. The summed E-state index contributed by atoms with van der Waals surface area (Å²) in [7, 11) is 1.71. The molecule has 2 aliphatic rings. The van der Waals surface area contributed by atoms with Gasteiger partial charge in [-0.15, -0.1) is 0 Å². The van der Waals surface area contributed by atoms with Crippen LogP contribution < -0.4 is 10.1 Å². The van der Waals surface area contributed by atoms with Crippen molar-refractivity contribution in [3.8, 4) is 16.9 Å². The largest absolute Gasteiger partial charge is 0.496 e. The van der Waals surface area contributed by atoms with E-state index in [2.05, 4.69) is 27.3 Å². The van der Waals surface area contributed by atoms with E-state index in [1.165, 1.54) is 12.8 Å². The Labute approximate surface area is 154 Å². The Kier molecular flexibility index (Phi) is 4.89. The number of carbonyl (C=O) groups excluding carboxylic acids is 1. The van der Waals surface area contributed by atoms with E-state index >= 15 is 0 Å². The van der Waals surface area contributed by atoms with Crippen molar-refractivity contribution >= 4 is 5.91 Å². The minimum Gasteiger partial charge on any atom is -0.496 e. The number of piperazine rings is 1. The summed E-state index contributed by atoms with van der Waals surface area (Å²) in [6.07, 6.45) is 8.29. The minimum atomic E-state index is 0.136. The topological polar surface area (TPSA) is 54.5 Å². The highest BCUT2D eigenvalue weighted by Gasteiger charge is 2.36. The van der Waals surface area contributed by atoms with E-state index in [0.717, 1.165) is 41.8 Å². The molecule has 136 valence electrons. The third-order valence-corrected chi connectivity index (χ3v) is 5.56. The molecule has 1 aromatic heterocycles. The summed E-state index contributed by atoms with van der Waals surface area (Å²) in [4.78, 5) is 18.6. The Hall–Kier alpha value is -2.40. The van der Waals surface area contributed by atoms with E-state index < -0.39 is 0 Å². The lowest BCUT2D eigenvalue weighted by Crippen LogP contribution is -2.61. The van der Waals surface area contributed by atoms with Gasteiger partial charge >= 0.3 is 0 Å². The molecule has 0 radical (unpaired) electrons. The molecule has 2 fully saturated rings. The summed E-state index contributed by atoms with van der Waals surface area (Å²) in [6, 6.07) is 11.0. The van der Waals surface area contributed by atoms with Crippen molar-refractivity contribution in [1.29, 1.82) is 0 Å². The van der Waals surface area contributed by atoms with Gasteiger partial charge in [0.25, 0.3) is 0 Å². The molecule has 1 aliphatic heterocycles. The Morgan fingerprint density at radius 1 is 1.15 bits per heavy atom. The number of hydrogen-bond donors (Lipinski definition) is 1. The molecular weight excluding hydrogens is 326 g/mol. The van der Waals surface area contributed by atoms with Crippen LogP contribution in [0, 0.1) is 0 Å². The molecule has 1 aromatic carbocycles. The van der Waals surface area contributed by atoms with Crippen LogP contribution in [0.25, 0.3) is 11.1 Å². The van der Waals surface area contributed by atoms with Gasteiger partial charge in [0.15, 0.2) is 0 Å². The number of ether oxygens (including phenoxy) is 1. The van der Waals surface area contributed by atoms with E-state index in [1.807, 2.05) is 18.2 Å². The number of pyridine rings is 1. The number of fused-ring (bicyclic) bond motifs is 1. The molecule has 26 heavy (non-hydrogen) atoms. The van der Waals surface area contributed by atoms with Gasteiger partial charge in [-0.3, -0.25) is 14.7 Å². The van der Waals surface area contributed by atoms with E-state index in [9.17, 15) is 4.79 Å². The number of carbonyl (C=O) groups is 1. The number of hydrogen-bond acceptors (Lipinski definition) is 4. The van der Waals surface area contributed by atoms with Crippen LogP contribution in [0.15, 0.2) is 42.7 Å². The number of nitrogens with one attached hydrogen (secondary N) is 1. The third-order valence-electron chi connectivity index (χ3n) is 5.56. The molecular formula is C21H25N3O2. The molecule has 2 aromatic rings. The van der Waals surface area contributed by atoms with Crippen LogP contribution in [0.1, 0.15) is 31.2 Å². The SMILES string of the molecule is COc1ccc(-c2ccncc2)cc1CN1CC(=O)NC2CCCCC21. The van der Waals surface area contributed by atoms with Gasteiger partial charge < -0.3 is 10.1 Å². The van der Waals surface area contributed by atoms with Gasteiger partial charge in [-0.1, -0.05) is 18.9 Å². The summed E-state index contributed by atoms with van der Waals surface area (Å²) in [6.45, 7) is 1.19. The lowest BCUT2D eigenvalue weighted by atomic mass is 9.87. The van der Waals surface area contributed by atoms with E-state index in [0.29, 0.717) is 18.6 Å². The Bertz CT molecular complexity index is 778. The van der Waals surface area contributed by atoms with Gasteiger partial charge in [-0.05, 0) is 48.2 Å². The zero-order chi connectivity index (χ0) is 17.9. The number of aromatic nitrogens is 1. The summed E-state index contributed by atoms with van der Waals surface area (Å²) < 4.78 is 5.60. The van der Waals surface area contributed by atoms with E-state index in [4.69, 9.17) is 4.74 Å². The molecule has 2 heterocycles. The first-order valence-electron chi connectivity index (χ1n) is 9.35. The standard InChI is InChI=1S/C21H25N3O2/c1-26-20-7-6-16(15-8-10-22-11-9-15)12-17(20)13-24-14-21(25)23-18-4-2-3-5-19(18)24/h6-12,18-19H,2-5,13-14H2,1H3,(H,23,25). The van der Waals surface area contributed by atoms with Crippen LogP contribution in [0.3, 0.4) is 0 Å². The first kappa shape index (κ1) is 17.0. The van der Waals surface area contributed by atoms with Gasteiger partial charge in [-0.2, -0.15) is 0 Å². The van der Waals surface area contributed by atoms with Crippen LogP contribution >= 0.6 is 0 Å². The fourth-order valence-corrected chi connectivity index (χ4v) is 4.29. The zero-order valence-corrected chi connectivity index (χ0v) is 15.1. The Morgan fingerprint density at radius 2 is 1.96 bits per heavy atom. The summed E-state index contributed by atoms with van der Waals surface area (Å²) in [5.41, 5.74) is 3.40. The quantitative estimate of drug-likeness (QED) is 0.920. The molecule has 1 N–H and O–H groups in total. The predicted octanol–water partition coefficient (Wildman–Crippen LogP) is 3.00. The van der Waals surface area contributed by atoms with Crippen LogP contribution in [-0.4, -0.2) is 41.5 Å². The molecule has 2 atom stereocenters. The molecule has 2 unspecified atom stereocenters. The molecule has 1 aliphatic carbocycles. The minimum absolute atomic E-state index is 0.136. The highest BCUT2D eigenvalue weighted by atomic mass is 16.5. The Balaban J connectivity index is 1.62. The average Bonchev–Trinajstić information content (AvgIpc) is 2.68. The molecule has 1 amide bonds. The molecule has 4 rings (SSSR count). The molecule has 1 saturated carbocycles. The first-order chi connectivity index (χ1) is 12.7. The van der Waals surface area contributed by atoms with Crippen LogP contribution in [-0.2, 0) is 11.3 Å². The highest BCUT2D eigenvalue weighted by Crippen LogP contribution is 2.31. The lowest BCUT2D eigenvalue weighted by Gasteiger charge is -2.44. The van der Waals surface area contributed by atoms with Gasteiger partial charge in [-0.25, -0.2) is 0 Å². The smallest absolute Gasteiger partial charge is 0.234 e. The number of rotatable bonds is 4. The first-order valence-corrected chi connectivity index (χ1v) is 9.35. The molecule has 0 spiro atoms. The second-order valence-electron chi connectivity index (χ2n) is 7.19. The lowest BCUT2D eigenvalue weighted by molar-refractivity contribution is -0.128. The molecule has 1 saturated heterocycles. The van der Waals surface area contributed by atoms with Crippen LogP contribution in [0.4, 0.5) is 0 Å². The number of methoxy groups -OCH3 is 1. The van der Waals surface area contributed by atoms with Gasteiger partial charge in [0, 0.05) is 36.6 Å². The van der Waals surface area contributed by atoms with Crippen molar-refractivity contribution in [1.82, 2.24) is 15.2 Å². The van der Waals surface area contributed by atoms with E-state index in [1.54, 1.807) is 19.5 Å². The molecule has 5 heteroatoms. The van der Waals surface area contributed by atoms with Crippen LogP contribution in [0.5, 0.6) is 5.75 Å². The van der Waals surface area contributed by atoms with Gasteiger partial charge in [0.1, 0.15) is 5.75 Å². The second-order valence-corrected chi connectivity index (χ2v) is 7.19. The van der Waals surface area contributed by atoms with Crippen molar-refractivity contribution in [2.24, 2.45) is 0 Å². The molecule has 0 bridgehead atoms. The monoisotopic (exact) mass is 351 g/mol. The second kappa shape index (κ2) is 7.46. The summed E-state index contributed by atoms with van der Waals surface area (Å²) in [5, 5.41) is 3.18. The third kappa shape index (κ3) is 3.44. The predicted molar refractivity (Wildman–Crippen MR) is 101 cm³/mol. The van der Waals surface area contributed by atoms with Crippen LogP contribution in [0.2, 0.25) is 0 Å². The number of benzene rings is 1. The fourth-order valence-electron chi connectivity index (χ4n) is 4.29. The fraction of sp³-hybridized carbons (Fsp3) is 0.429. The van der Waals surface area contributed by atoms with Gasteiger partial charge in [0.2, 0.25) is 5.91 Å². The summed E-state index contributed by atoms with van der Waals surface area (Å²) in [5.74, 6) is 1.01. The van der Waals surface area contributed by atoms with Crippen molar-refractivity contribution in [2.75, 3.05) is 13.7 Å². The van der Waals surface area contributed by atoms with Crippen molar-refractivity contribution in [2.45, 2.75) is 44.3 Å². The zero-order valence-electron chi connectivity index (χ0n) is 15.1. The maximum Gasteiger partial charge on any atom is 0.234 e. The maximum absolute atomic E-state index is 12.2.